The molecule has 0 aliphatic rings. The summed E-state index contributed by atoms with van der Waals surface area (Å²) in [6.07, 6.45) is 0. The molecule has 3 rings (SSSR count). The highest BCUT2D eigenvalue weighted by atomic mass is 16.6. The van der Waals surface area contributed by atoms with E-state index in [2.05, 4.69) is 15.0 Å². The lowest BCUT2D eigenvalue weighted by Crippen LogP contribution is -2.22. The number of nitrogen functional groups attached to an aromatic ring is 1. The Kier molecular flexibility index (Phi) is 6.13. The molecule has 0 saturated carbocycles. The third-order valence-corrected chi connectivity index (χ3v) is 4.06. The van der Waals surface area contributed by atoms with Crippen molar-refractivity contribution in [1.82, 2.24) is 15.0 Å². The second kappa shape index (κ2) is 8.92. The molecule has 1 heterocycles. The Labute approximate surface area is 170 Å². The predicted octanol–water partition coefficient (Wildman–Crippen LogP) is 2.12. The van der Waals surface area contributed by atoms with Crippen LogP contribution in [0.15, 0.2) is 48.5 Å². The number of aryl methyl sites for hydroxylation is 1. The summed E-state index contributed by atoms with van der Waals surface area (Å²) in [7, 11) is 0. The van der Waals surface area contributed by atoms with E-state index in [1.165, 1.54) is 29.2 Å². The second-order valence-electron chi connectivity index (χ2n) is 6.19. The molecule has 2 aromatic carbocycles. The van der Waals surface area contributed by atoms with Gasteiger partial charge in [0.2, 0.25) is 11.9 Å². The second-order valence-corrected chi connectivity index (χ2v) is 6.19. The van der Waals surface area contributed by atoms with Crippen LogP contribution in [0.3, 0.4) is 0 Å². The molecular formula is C19H18N6O5. The quantitative estimate of drug-likeness (QED) is 0.256. The van der Waals surface area contributed by atoms with E-state index in [4.69, 9.17) is 10.5 Å². The number of aliphatic hydroxyl groups excluding tert-OH is 1. The molecule has 154 valence electrons. The zero-order valence-corrected chi connectivity index (χ0v) is 15.9. The number of non-ortho nitro benzene ring substituents is 1. The molecule has 0 amide bonds. The molecule has 0 aliphatic carbocycles. The van der Waals surface area contributed by atoms with Crippen molar-refractivity contribution in [2.45, 2.75) is 13.5 Å². The molecular weight excluding hydrogens is 392 g/mol. The first-order valence-electron chi connectivity index (χ1n) is 8.74. The Hall–Kier alpha value is -4.12. The van der Waals surface area contributed by atoms with Gasteiger partial charge >= 0.3 is 5.97 Å². The van der Waals surface area contributed by atoms with E-state index >= 15 is 0 Å². The number of hydrogen-bond donors (Lipinski definition) is 2. The molecule has 0 atom stereocenters. The van der Waals surface area contributed by atoms with Crippen molar-refractivity contribution in [3.8, 4) is 0 Å². The van der Waals surface area contributed by atoms with Crippen molar-refractivity contribution < 1.29 is 19.6 Å². The van der Waals surface area contributed by atoms with Crippen LogP contribution in [0.25, 0.3) is 0 Å². The molecule has 0 radical (unpaired) electrons. The van der Waals surface area contributed by atoms with Gasteiger partial charge in [0.25, 0.3) is 5.69 Å². The van der Waals surface area contributed by atoms with Gasteiger partial charge < -0.3 is 15.6 Å². The van der Waals surface area contributed by atoms with E-state index in [-0.39, 0.29) is 35.6 Å². The van der Waals surface area contributed by atoms with Gasteiger partial charge in [-0.3, -0.25) is 15.0 Å². The Morgan fingerprint density at radius 3 is 2.40 bits per heavy atom. The lowest BCUT2D eigenvalue weighted by Gasteiger charge is -2.20. The summed E-state index contributed by atoms with van der Waals surface area (Å²) >= 11 is 0. The highest BCUT2D eigenvalue weighted by Crippen LogP contribution is 2.22. The smallest absolute Gasteiger partial charge is 0.338 e. The number of hydrogen-bond acceptors (Lipinski definition) is 10. The van der Waals surface area contributed by atoms with Gasteiger partial charge in [0.15, 0.2) is 12.4 Å². The van der Waals surface area contributed by atoms with E-state index in [0.717, 1.165) is 5.56 Å². The van der Waals surface area contributed by atoms with Crippen molar-refractivity contribution in [2.75, 3.05) is 17.4 Å². The Balaban J connectivity index is 1.75. The number of ether oxygens (including phenoxy) is 1. The molecule has 0 fully saturated rings. The first kappa shape index (κ1) is 20.6. The number of benzene rings is 2. The first-order chi connectivity index (χ1) is 14.4. The van der Waals surface area contributed by atoms with Crippen molar-refractivity contribution in [3.63, 3.8) is 0 Å². The van der Waals surface area contributed by atoms with Gasteiger partial charge in [0.05, 0.1) is 10.5 Å². The largest absolute Gasteiger partial charge is 0.454 e. The van der Waals surface area contributed by atoms with Gasteiger partial charge in [0, 0.05) is 17.8 Å². The molecule has 0 spiro atoms. The number of nitrogens with zero attached hydrogens (tertiary/aromatic N) is 5. The van der Waals surface area contributed by atoms with Crippen molar-refractivity contribution in [2.24, 2.45) is 0 Å². The normalized spacial score (nSPS) is 10.5. The van der Waals surface area contributed by atoms with Crippen LogP contribution < -0.4 is 10.6 Å². The molecule has 11 heteroatoms. The number of anilines is 3. The Morgan fingerprint density at radius 2 is 1.80 bits per heavy atom. The van der Waals surface area contributed by atoms with E-state index in [1.807, 2.05) is 19.1 Å². The van der Waals surface area contributed by atoms with Crippen LogP contribution >= 0.6 is 0 Å². The minimum atomic E-state index is -0.706. The summed E-state index contributed by atoms with van der Waals surface area (Å²) < 4.78 is 5.16. The first-order valence-corrected chi connectivity index (χ1v) is 8.74. The van der Waals surface area contributed by atoms with Crippen LogP contribution in [0.5, 0.6) is 0 Å². The summed E-state index contributed by atoms with van der Waals surface area (Å²) in [5.74, 6) is -0.636. The van der Waals surface area contributed by atoms with E-state index < -0.39 is 17.6 Å². The third-order valence-electron chi connectivity index (χ3n) is 4.06. The zero-order chi connectivity index (χ0) is 21.7. The predicted molar refractivity (Wildman–Crippen MR) is 107 cm³/mol. The standard InChI is InChI=1S/C19H18N6O5/c1-12-2-6-14(7-3-12)24(11-26)19-22-16(21-18(20)23-19)10-30-17(27)13-4-8-15(9-5-13)25(28)29/h2-9,26H,10-11H2,1H3,(H2,20,21,22,23). The van der Waals surface area contributed by atoms with Crippen LogP contribution in [0.2, 0.25) is 0 Å². The SMILES string of the molecule is Cc1ccc(N(CO)c2nc(N)nc(COC(=O)c3ccc([N+](=O)[O-])cc3)n2)cc1. The third kappa shape index (κ3) is 4.83. The van der Waals surface area contributed by atoms with Crippen LogP contribution in [0.4, 0.5) is 23.3 Å². The number of nitro groups is 1. The number of aromatic nitrogens is 3. The summed E-state index contributed by atoms with van der Waals surface area (Å²) in [5, 5.41) is 20.5. The molecule has 30 heavy (non-hydrogen) atoms. The zero-order valence-electron chi connectivity index (χ0n) is 15.9. The molecule has 1 aromatic heterocycles. The average molecular weight is 410 g/mol. The maximum Gasteiger partial charge on any atom is 0.338 e. The lowest BCUT2D eigenvalue weighted by atomic mass is 10.2. The topological polar surface area (TPSA) is 158 Å². The number of nitro benzene ring substituents is 1. The van der Waals surface area contributed by atoms with Crippen molar-refractivity contribution in [3.05, 3.63) is 75.6 Å². The molecule has 11 nitrogen and oxygen atoms in total. The van der Waals surface area contributed by atoms with Crippen LogP contribution in [-0.2, 0) is 11.3 Å². The maximum absolute atomic E-state index is 12.2. The summed E-state index contributed by atoms with van der Waals surface area (Å²) in [4.78, 5) is 35.9. The fourth-order valence-electron chi connectivity index (χ4n) is 2.53. The molecule has 0 aliphatic heterocycles. The number of esters is 1. The Bertz CT molecular complexity index is 1060. The minimum Gasteiger partial charge on any atom is -0.454 e. The summed E-state index contributed by atoms with van der Waals surface area (Å²) in [6.45, 7) is 1.22. The number of nitrogens with two attached hydrogens (primary N) is 1. The van der Waals surface area contributed by atoms with Crippen molar-refractivity contribution >= 4 is 29.2 Å². The summed E-state index contributed by atoms with van der Waals surface area (Å²) in [6, 6.07) is 12.3. The molecule has 3 N–H and O–H groups in total. The fourth-order valence-corrected chi connectivity index (χ4v) is 2.53. The van der Waals surface area contributed by atoms with Gasteiger partial charge in [-0.1, -0.05) is 17.7 Å². The number of aliphatic hydroxyl groups is 1. The Morgan fingerprint density at radius 1 is 1.13 bits per heavy atom. The maximum atomic E-state index is 12.2. The highest BCUT2D eigenvalue weighted by molar-refractivity contribution is 5.89. The molecule has 0 saturated heterocycles. The van der Waals surface area contributed by atoms with E-state index in [9.17, 15) is 20.0 Å². The van der Waals surface area contributed by atoms with E-state index in [0.29, 0.717) is 5.69 Å². The number of carbonyl (C=O) groups excluding carboxylic acids is 1. The monoisotopic (exact) mass is 410 g/mol. The van der Waals surface area contributed by atoms with Gasteiger partial charge in [0.1, 0.15) is 6.73 Å². The van der Waals surface area contributed by atoms with Crippen LogP contribution in [-0.4, -0.2) is 37.7 Å². The fraction of sp³-hybridized carbons (Fsp3) is 0.158. The molecule has 3 aromatic rings. The van der Waals surface area contributed by atoms with Gasteiger partial charge in [-0.05, 0) is 31.2 Å². The lowest BCUT2D eigenvalue weighted by molar-refractivity contribution is -0.384. The minimum absolute atomic E-state index is 0.0818. The number of rotatable bonds is 7. The number of carbonyl (C=O) groups is 1. The average Bonchev–Trinajstić information content (AvgIpc) is 2.73. The van der Waals surface area contributed by atoms with Gasteiger partial charge in [-0.2, -0.15) is 15.0 Å². The summed E-state index contributed by atoms with van der Waals surface area (Å²) in [5.41, 5.74) is 7.43. The van der Waals surface area contributed by atoms with Crippen LogP contribution in [0, 0.1) is 17.0 Å². The molecule has 0 unspecified atom stereocenters. The van der Waals surface area contributed by atoms with Crippen LogP contribution in [0.1, 0.15) is 21.7 Å². The highest BCUT2D eigenvalue weighted by Gasteiger charge is 2.16. The van der Waals surface area contributed by atoms with E-state index in [1.54, 1.807) is 12.1 Å². The van der Waals surface area contributed by atoms with Gasteiger partial charge in [-0.15, -0.1) is 0 Å². The molecule has 0 bridgehead atoms. The van der Waals surface area contributed by atoms with Gasteiger partial charge in [-0.25, -0.2) is 4.79 Å². The van der Waals surface area contributed by atoms with Crippen molar-refractivity contribution in [1.29, 1.82) is 0 Å².